The van der Waals surface area contributed by atoms with Gasteiger partial charge in [0.1, 0.15) is 5.76 Å². The van der Waals surface area contributed by atoms with E-state index >= 15 is 0 Å². The summed E-state index contributed by atoms with van der Waals surface area (Å²) in [6.45, 7) is 1.02. The number of furan rings is 1. The van der Waals surface area contributed by atoms with Gasteiger partial charge in [0.25, 0.3) is 0 Å². The summed E-state index contributed by atoms with van der Waals surface area (Å²) in [5.41, 5.74) is 1.53. The Hall–Kier alpha value is -0.800. The second-order valence-corrected chi connectivity index (χ2v) is 4.28. The summed E-state index contributed by atoms with van der Waals surface area (Å²) in [5.74, 6) is 1.17. The number of fused-ring (bicyclic) bond motifs is 2. The average Bonchev–Trinajstić information content (AvgIpc) is 2.61. The van der Waals surface area contributed by atoms with Crippen LogP contribution in [0.3, 0.4) is 0 Å². The molecule has 1 aromatic heterocycles. The van der Waals surface area contributed by atoms with E-state index in [1.165, 1.54) is 11.3 Å². The summed E-state index contributed by atoms with van der Waals surface area (Å²) >= 11 is 0. The number of rotatable bonds is 1. The third-order valence-corrected chi connectivity index (χ3v) is 3.56. The molecule has 1 N–H and O–H groups in total. The molecule has 0 saturated heterocycles. The van der Waals surface area contributed by atoms with Gasteiger partial charge in [-0.15, -0.1) is 0 Å². The van der Waals surface area contributed by atoms with Crippen LogP contribution in [-0.4, -0.2) is 19.8 Å². The van der Waals surface area contributed by atoms with E-state index in [0.29, 0.717) is 6.10 Å². The Morgan fingerprint density at radius 1 is 1.57 bits per heavy atom. The van der Waals surface area contributed by atoms with Crippen molar-refractivity contribution in [2.75, 3.05) is 13.7 Å². The van der Waals surface area contributed by atoms with Gasteiger partial charge < -0.3 is 14.5 Å². The topological polar surface area (TPSA) is 34.4 Å². The van der Waals surface area contributed by atoms with Crippen LogP contribution >= 0.6 is 0 Å². The molecule has 0 bridgehead atoms. The lowest BCUT2D eigenvalue weighted by Gasteiger charge is -2.49. The molecule has 1 spiro atoms. The number of methoxy groups -OCH3 is 1. The highest BCUT2D eigenvalue weighted by Crippen LogP contribution is 2.46. The molecular weight excluding hydrogens is 178 g/mol. The Morgan fingerprint density at radius 3 is 3.21 bits per heavy atom. The maximum atomic E-state index is 5.48. The fourth-order valence-electron chi connectivity index (χ4n) is 2.72. The number of ether oxygens (including phenoxy) is 1. The molecule has 0 amide bonds. The van der Waals surface area contributed by atoms with E-state index in [2.05, 4.69) is 11.4 Å². The van der Waals surface area contributed by atoms with Crippen LogP contribution in [0.4, 0.5) is 0 Å². The van der Waals surface area contributed by atoms with Crippen molar-refractivity contribution in [3.8, 4) is 0 Å². The van der Waals surface area contributed by atoms with E-state index < -0.39 is 0 Å². The molecular formula is C11H15NO2. The van der Waals surface area contributed by atoms with Gasteiger partial charge >= 0.3 is 0 Å². The third kappa shape index (κ3) is 0.996. The lowest BCUT2D eigenvalue weighted by Crippen LogP contribution is -2.57. The van der Waals surface area contributed by atoms with Gasteiger partial charge in [0.15, 0.2) is 0 Å². The van der Waals surface area contributed by atoms with Gasteiger partial charge in [-0.3, -0.25) is 0 Å². The Kier molecular flexibility index (Phi) is 1.73. The first kappa shape index (κ1) is 8.50. The largest absolute Gasteiger partial charge is 0.469 e. The van der Waals surface area contributed by atoms with Crippen molar-refractivity contribution in [3.05, 3.63) is 23.7 Å². The summed E-state index contributed by atoms with van der Waals surface area (Å²) in [7, 11) is 1.79. The van der Waals surface area contributed by atoms with Gasteiger partial charge in [-0.05, 0) is 18.9 Å². The molecule has 3 rings (SSSR count). The normalized spacial score (nSPS) is 35.4. The highest BCUT2D eigenvalue weighted by Gasteiger charge is 2.48. The van der Waals surface area contributed by atoms with Crippen molar-refractivity contribution in [1.82, 2.24) is 5.32 Å². The summed E-state index contributed by atoms with van der Waals surface area (Å²) in [5, 5.41) is 3.60. The molecule has 1 saturated carbocycles. The Labute approximate surface area is 83.4 Å². The van der Waals surface area contributed by atoms with Crippen LogP contribution in [-0.2, 0) is 16.7 Å². The van der Waals surface area contributed by atoms with Crippen LogP contribution in [0.5, 0.6) is 0 Å². The van der Waals surface area contributed by atoms with E-state index in [-0.39, 0.29) is 5.54 Å². The Morgan fingerprint density at radius 2 is 2.43 bits per heavy atom. The first-order chi connectivity index (χ1) is 6.84. The lowest BCUT2D eigenvalue weighted by molar-refractivity contribution is -0.0363. The van der Waals surface area contributed by atoms with Crippen LogP contribution in [0.2, 0.25) is 0 Å². The third-order valence-electron chi connectivity index (χ3n) is 3.56. The fourth-order valence-corrected chi connectivity index (χ4v) is 2.72. The number of nitrogens with one attached hydrogen (secondary N) is 1. The maximum Gasteiger partial charge on any atom is 0.110 e. The average molecular weight is 193 g/mol. The molecule has 2 heterocycles. The molecule has 3 heteroatoms. The second kappa shape index (κ2) is 2.84. The van der Waals surface area contributed by atoms with Gasteiger partial charge in [-0.2, -0.15) is 0 Å². The van der Waals surface area contributed by atoms with Crippen LogP contribution < -0.4 is 5.32 Å². The molecule has 0 atom stereocenters. The predicted octanol–water partition coefficient (Wildman–Crippen LogP) is 1.43. The molecule has 1 fully saturated rings. The van der Waals surface area contributed by atoms with Crippen molar-refractivity contribution >= 4 is 0 Å². The highest BCUT2D eigenvalue weighted by molar-refractivity contribution is 5.33. The van der Waals surface area contributed by atoms with E-state index in [4.69, 9.17) is 9.15 Å². The van der Waals surface area contributed by atoms with Crippen molar-refractivity contribution in [2.45, 2.75) is 30.9 Å². The Bertz CT molecular complexity index is 339. The molecule has 1 aliphatic heterocycles. The zero-order chi connectivity index (χ0) is 9.60. The molecule has 76 valence electrons. The summed E-state index contributed by atoms with van der Waals surface area (Å²) in [6, 6.07) is 2.10. The Balaban J connectivity index is 1.91. The highest BCUT2D eigenvalue weighted by atomic mass is 16.5. The molecule has 2 aliphatic rings. The first-order valence-electron chi connectivity index (χ1n) is 5.19. The minimum Gasteiger partial charge on any atom is -0.469 e. The number of hydrogen-bond donors (Lipinski definition) is 1. The SMILES string of the molecule is COC1CC2(C1)NCCc1occc12. The van der Waals surface area contributed by atoms with E-state index in [1.54, 1.807) is 13.4 Å². The summed E-state index contributed by atoms with van der Waals surface area (Å²) < 4.78 is 10.8. The smallest absolute Gasteiger partial charge is 0.110 e. The molecule has 14 heavy (non-hydrogen) atoms. The standard InChI is InChI=1S/C11H15NO2/c1-13-8-6-11(7-8)9-3-5-14-10(9)2-4-12-11/h3,5,8,12H,2,4,6-7H2,1H3. The van der Waals surface area contributed by atoms with Gasteiger partial charge in [0.2, 0.25) is 0 Å². The molecule has 0 aromatic carbocycles. The van der Waals surface area contributed by atoms with Crippen LogP contribution in [0.1, 0.15) is 24.2 Å². The molecule has 1 aromatic rings. The predicted molar refractivity (Wildman–Crippen MR) is 52.1 cm³/mol. The zero-order valence-electron chi connectivity index (χ0n) is 8.38. The molecule has 3 nitrogen and oxygen atoms in total. The van der Waals surface area contributed by atoms with E-state index in [1.807, 2.05) is 0 Å². The quantitative estimate of drug-likeness (QED) is 0.732. The minimum atomic E-state index is 0.168. The fraction of sp³-hybridized carbons (Fsp3) is 0.636. The van der Waals surface area contributed by atoms with Gasteiger partial charge in [-0.25, -0.2) is 0 Å². The van der Waals surface area contributed by atoms with Gasteiger partial charge in [0.05, 0.1) is 17.9 Å². The van der Waals surface area contributed by atoms with Crippen LogP contribution in [0.15, 0.2) is 16.7 Å². The summed E-state index contributed by atoms with van der Waals surface area (Å²) in [6.07, 6.45) is 5.40. The van der Waals surface area contributed by atoms with Crippen LogP contribution in [0, 0.1) is 0 Å². The molecule has 1 aliphatic carbocycles. The first-order valence-corrected chi connectivity index (χ1v) is 5.19. The number of hydrogen-bond acceptors (Lipinski definition) is 3. The van der Waals surface area contributed by atoms with Crippen molar-refractivity contribution in [1.29, 1.82) is 0 Å². The maximum absolute atomic E-state index is 5.48. The van der Waals surface area contributed by atoms with Crippen molar-refractivity contribution in [3.63, 3.8) is 0 Å². The summed E-state index contributed by atoms with van der Waals surface area (Å²) in [4.78, 5) is 0. The zero-order valence-corrected chi connectivity index (χ0v) is 8.38. The lowest BCUT2D eigenvalue weighted by atomic mass is 9.68. The van der Waals surface area contributed by atoms with Crippen molar-refractivity contribution in [2.24, 2.45) is 0 Å². The minimum absolute atomic E-state index is 0.168. The van der Waals surface area contributed by atoms with E-state index in [0.717, 1.165) is 25.8 Å². The molecule has 0 radical (unpaired) electrons. The van der Waals surface area contributed by atoms with Gasteiger partial charge in [0, 0.05) is 25.6 Å². The van der Waals surface area contributed by atoms with Crippen molar-refractivity contribution < 1.29 is 9.15 Å². The van der Waals surface area contributed by atoms with Crippen LogP contribution in [0.25, 0.3) is 0 Å². The monoisotopic (exact) mass is 193 g/mol. The second-order valence-electron chi connectivity index (χ2n) is 4.28. The van der Waals surface area contributed by atoms with E-state index in [9.17, 15) is 0 Å². The molecule has 0 unspecified atom stereocenters. The van der Waals surface area contributed by atoms with Gasteiger partial charge in [-0.1, -0.05) is 0 Å².